The molecule has 2 N–H and O–H groups in total. The van der Waals surface area contributed by atoms with Gasteiger partial charge in [-0.3, -0.25) is 9.89 Å². The van der Waals surface area contributed by atoms with E-state index in [1.165, 1.54) is 6.20 Å². The molecule has 3 rings (SSSR count). The van der Waals surface area contributed by atoms with Crippen molar-refractivity contribution >= 4 is 24.2 Å². The Morgan fingerprint density at radius 3 is 2.48 bits per heavy atom. The number of rotatable bonds is 3. The predicted octanol–water partition coefficient (Wildman–Crippen LogP) is 1.96. The summed E-state index contributed by atoms with van der Waals surface area (Å²) in [4.78, 5) is 12.1. The van der Waals surface area contributed by atoms with Gasteiger partial charge in [0.2, 0.25) is 0 Å². The van der Waals surface area contributed by atoms with Gasteiger partial charge in [0, 0.05) is 11.9 Å². The van der Waals surface area contributed by atoms with Gasteiger partial charge in [-0.15, -0.1) is 0 Å². The van der Waals surface area contributed by atoms with E-state index in [0.29, 0.717) is 11.4 Å². The van der Waals surface area contributed by atoms with E-state index in [-0.39, 0.29) is 5.91 Å². The molecule has 2 aromatic rings. The maximum atomic E-state index is 12.1. The topological polar surface area (TPSA) is 76.2 Å². The first-order valence-electron chi connectivity index (χ1n) is 7.55. The van der Waals surface area contributed by atoms with Gasteiger partial charge >= 0.3 is 7.12 Å². The lowest BCUT2D eigenvalue weighted by Crippen LogP contribution is -2.41. The van der Waals surface area contributed by atoms with Crippen LogP contribution in [0.1, 0.15) is 38.2 Å². The van der Waals surface area contributed by atoms with Crippen molar-refractivity contribution < 1.29 is 14.1 Å². The molecule has 6 nitrogen and oxygen atoms in total. The number of benzene rings is 1. The van der Waals surface area contributed by atoms with Crippen molar-refractivity contribution in [2.24, 2.45) is 0 Å². The number of hydrogen-bond acceptors (Lipinski definition) is 4. The molecule has 1 fully saturated rings. The van der Waals surface area contributed by atoms with Crippen LogP contribution in [0.2, 0.25) is 0 Å². The molecule has 2 heterocycles. The zero-order valence-electron chi connectivity index (χ0n) is 13.7. The fourth-order valence-electron chi connectivity index (χ4n) is 2.32. The Balaban J connectivity index is 1.77. The molecule has 1 aromatic carbocycles. The quantitative estimate of drug-likeness (QED) is 0.849. The van der Waals surface area contributed by atoms with Crippen LogP contribution < -0.4 is 10.8 Å². The molecular weight excluding hydrogens is 293 g/mol. The molecule has 23 heavy (non-hydrogen) atoms. The third-order valence-corrected chi connectivity index (χ3v) is 4.42. The van der Waals surface area contributed by atoms with Gasteiger partial charge in [-0.05, 0) is 51.4 Å². The van der Waals surface area contributed by atoms with Gasteiger partial charge in [0.1, 0.15) is 5.69 Å². The van der Waals surface area contributed by atoms with Crippen LogP contribution in [0.4, 0.5) is 5.69 Å². The lowest BCUT2D eigenvalue weighted by atomic mass is 9.79. The maximum absolute atomic E-state index is 12.1. The first kappa shape index (κ1) is 15.8. The highest BCUT2D eigenvalue weighted by molar-refractivity contribution is 6.62. The summed E-state index contributed by atoms with van der Waals surface area (Å²) in [5.41, 5.74) is 1.16. The second-order valence-corrected chi connectivity index (χ2v) is 6.64. The molecule has 1 aliphatic rings. The minimum absolute atomic E-state index is 0.242. The Kier molecular flexibility index (Phi) is 3.78. The van der Waals surface area contributed by atoms with E-state index < -0.39 is 18.3 Å². The summed E-state index contributed by atoms with van der Waals surface area (Å²) in [6.07, 6.45) is 1.54. The highest BCUT2D eigenvalue weighted by atomic mass is 16.7. The maximum Gasteiger partial charge on any atom is 0.494 e. The summed E-state index contributed by atoms with van der Waals surface area (Å²) in [5.74, 6) is -0.242. The SMILES string of the molecule is CC1(C)OB(c2cccc(NC(=O)c3ccn[nH]3)c2)OC1(C)C. The molecule has 0 spiro atoms. The third-order valence-electron chi connectivity index (χ3n) is 4.42. The molecule has 1 amide bonds. The van der Waals surface area contributed by atoms with Crippen LogP contribution in [0.3, 0.4) is 0 Å². The fourth-order valence-corrected chi connectivity index (χ4v) is 2.32. The molecule has 7 heteroatoms. The minimum atomic E-state index is -0.455. The van der Waals surface area contributed by atoms with Gasteiger partial charge < -0.3 is 14.6 Å². The Labute approximate surface area is 135 Å². The van der Waals surface area contributed by atoms with E-state index in [2.05, 4.69) is 15.5 Å². The number of aromatic nitrogens is 2. The third kappa shape index (κ3) is 3.02. The van der Waals surface area contributed by atoms with Crippen molar-refractivity contribution in [2.75, 3.05) is 5.32 Å². The second-order valence-electron chi connectivity index (χ2n) is 6.64. The fraction of sp³-hybridized carbons (Fsp3) is 0.375. The molecule has 0 radical (unpaired) electrons. The number of amides is 1. The lowest BCUT2D eigenvalue weighted by Gasteiger charge is -2.32. The first-order chi connectivity index (χ1) is 10.8. The summed E-state index contributed by atoms with van der Waals surface area (Å²) in [6, 6.07) is 9.09. The van der Waals surface area contributed by atoms with E-state index in [1.54, 1.807) is 6.07 Å². The number of nitrogens with one attached hydrogen (secondary N) is 2. The number of hydrogen-bond donors (Lipinski definition) is 2. The largest absolute Gasteiger partial charge is 0.494 e. The zero-order valence-corrected chi connectivity index (χ0v) is 13.7. The molecule has 0 aliphatic carbocycles. The van der Waals surface area contributed by atoms with Gasteiger partial charge in [0.25, 0.3) is 5.91 Å². The number of anilines is 1. The van der Waals surface area contributed by atoms with Crippen LogP contribution >= 0.6 is 0 Å². The van der Waals surface area contributed by atoms with Crippen molar-refractivity contribution in [3.8, 4) is 0 Å². The Morgan fingerprint density at radius 2 is 1.87 bits per heavy atom. The van der Waals surface area contributed by atoms with Gasteiger partial charge in [0.15, 0.2) is 0 Å². The van der Waals surface area contributed by atoms with Gasteiger partial charge in [0.05, 0.1) is 11.2 Å². The molecule has 0 saturated carbocycles. The Bertz CT molecular complexity index is 697. The molecule has 0 unspecified atom stereocenters. The Morgan fingerprint density at radius 1 is 1.17 bits per heavy atom. The van der Waals surface area contributed by atoms with Crippen molar-refractivity contribution in [3.05, 3.63) is 42.2 Å². The average Bonchev–Trinajstić information content (AvgIpc) is 3.06. The normalized spacial score (nSPS) is 18.9. The van der Waals surface area contributed by atoms with E-state index in [0.717, 1.165) is 5.46 Å². The molecule has 120 valence electrons. The lowest BCUT2D eigenvalue weighted by molar-refractivity contribution is 0.00578. The summed E-state index contributed by atoms with van der Waals surface area (Å²) in [7, 11) is -0.455. The summed E-state index contributed by atoms with van der Waals surface area (Å²) >= 11 is 0. The molecule has 1 saturated heterocycles. The van der Waals surface area contributed by atoms with E-state index in [9.17, 15) is 4.79 Å². The zero-order chi connectivity index (χ0) is 16.7. The Hall–Kier alpha value is -2.12. The summed E-state index contributed by atoms with van der Waals surface area (Å²) in [5, 5.41) is 9.24. The highest BCUT2D eigenvalue weighted by Gasteiger charge is 2.51. The minimum Gasteiger partial charge on any atom is -0.399 e. The van der Waals surface area contributed by atoms with E-state index in [4.69, 9.17) is 9.31 Å². The summed E-state index contributed by atoms with van der Waals surface area (Å²) < 4.78 is 12.1. The standard InChI is InChI=1S/C16H20BN3O3/c1-15(2)16(3,4)23-17(22-15)11-6-5-7-12(10-11)19-14(21)13-8-9-18-20-13/h5-10H,1-4H3,(H,18,20)(H,19,21). The van der Waals surface area contributed by atoms with Crippen LogP contribution in [0.25, 0.3) is 0 Å². The molecular formula is C16H20BN3O3. The first-order valence-corrected chi connectivity index (χ1v) is 7.55. The van der Waals surface area contributed by atoms with Crippen LogP contribution in [0.5, 0.6) is 0 Å². The number of aromatic amines is 1. The van der Waals surface area contributed by atoms with Crippen molar-refractivity contribution in [1.29, 1.82) is 0 Å². The van der Waals surface area contributed by atoms with Crippen molar-refractivity contribution in [1.82, 2.24) is 10.2 Å². The molecule has 1 aromatic heterocycles. The summed E-state index contributed by atoms with van der Waals surface area (Å²) in [6.45, 7) is 8.04. The molecule has 0 atom stereocenters. The smallest absolute Gasteiger partial charge is 0.399 e. The van der Waals surface area contributed by atoms with Crippen LogP contribution in [0, 0.1) is 0 Å². The second kappa shape index (κ2) is 5.51. The van der Waals surface area contributed by atoms with Crippen LogP contribution in [0.15, 0.2) is 36.5 Å². The highest BCUT2D eigenvalue weighted by Crippen LogP contribution is 2.36. The van der Waals surface area contributed by atoms with E-state index >= 15 is 0 Å². The van der Waals surface area contributed by atoms with Crippen molar-refractivity contribution in [3.63, 3.8) is 0 Å². The van der Waals surface area contributed by atoms with E-state index in [1.807, 2.05) is 52.0 Å². The van der Waals surface area contributed by atoms with Crippen LogP contribution in [-0.4, -0.2) is 34.4 Å². The monoisotopic (exact) mass is 313 g/mol. The predicted molar refractivity (Wildman–Crippen MR) is 88.7 cm³/mol. The molecule has 0 bridgehead atoms. The number of carbonyl (C=O) groups excluding carboxylic acids is 1. The number of H-pyrrole nitrogens is 1. The van der Waals surface area contributed by atoms with Gasteiger partial charge in [-0.25, -0.2) is 0 Å². The number of nitrogens with zero attached hydrogens (tertiary/aromatic N) is 1. The van der Waals surface area contributed by atoms with Crippen molar-refractivity contribution in [2.45, 2.75) is 38.9 Å². The van der Waals surface area contributed by atoms with Gasteiger partial charge in [-0.2, -0.15) is 5.10 Å². The van der Waals surface area contributed by atoms with Crippen LogP contribution in [-0.2, 0) is 9.31 Å². The molecule has 1 aliphatic heterocycles. The van der Waals surface area contributed by atoms with Gasteiger partial charge in [-0.1, -0.05) is 12.1 Å². The number of carbonyl (C=O) groups is 1. The average molecular weight is 313 g/mol.